The molecule has 0 radical (unpaired) electrons. The minimum absolute atomic E-state index is 0.0131. The summed E-state index contributed by atoms with van der Waals surface area (Å²) in [4.78, 5) is 3.66. The molecule has 2 nitrogen and oxygen atoms in total. The molecule has 0 aliphatic rings. The molecule has 0 fully saturated rings. The Kier molecular flexibility index (Phi) is 3.78. The van der Waals surface area contributed by atoms with Crippen molar-refractivity contribution in [3.8, 4) is 6.07 Å². The topological polar surface area (TPSA) is 36.7 Å². The summed E-state index contributed by atoms with van der Waals surface area (Å²) in [7, 11) is 0. The van der Waals surface area contributed by atoms with Crippen molar-refractivity contribution in [1.29, 1.82) is 5.26 Å². The number of hydrogen-bond acceptors (Lipinski definition) is 2. The molecule has 0 aliphatic heterocycles. The van der Waals surface area contributed by atoms with E-state index in [1.165, 1.54) is 6.07 Å². The van der Waals surface area contributed by atoms with Crippen LogP contribution in [0.3, 0.4) is 0 Å². The summed E-state index contributed by atoms with van der Waals surface area (Å²) in [6.45, 7) is 0. The number of rotatable bonds is 2. The highest BCUT2D eigenvalue weighted by Crippen LogP contribution is 2.29. The van der Waals surface area contributed by atoms with Gasteiger partial charge in [-0.15, -0.1) is 0 Å². The van der Waals surface area contributed by atoms with Crippen molar-refractivity contribution in [2.45, 2.75) is 12.8 Å². The Morgan fingerprint density at radius 1 is 1.64 bits per heavy atom. The van der Waals surface area contributed by atoms with Crippen molar-refractivity contribution in [3.05, 3.63) is 26.9 Å². The van der Waals surface area contributed by atoms with E-state index in [4.69, 9.17) is 16.9 Å². The molecule has 6 heteroatoms. The van der Waals surface area contributed by atoms with Crippen LogP contribution in [0.2, 0.25) is 5.15 Å². The van der Waals surface area contributed by atoms with E-state index >= 15 is 0 Å². The lowest BCUT2D eigenvalue weighted by molar-refractivity contribution is 0.150. The largest absolute Gasteiger partial charge is 0.266 e. The molecular weight excluding hydrogens is 277 g/mol. The Hall–Kier alpha value is -0.730. The van der Waals surface area contributed by atoms with Crippen molar-refractivity contribution in [1.82, 2.24) is 4.98 Å². The number of halogens is 4. The van der Waals surface area contributed by atoms with E-state index in [1.807, 2.05) is 6.07 Å². The molecule has 0 aliphatic carbocycles. The molecule has 0 saturated heterocycles. The van der Waals surface area contributed by atoms with E-state index in [1.54, 1.807) is 0 Å². The maximum Gasteiger partial charge on any atom is 0.266 e. The highest BCUT2D eigenvalue weighted by molar-refractivity contribution is 9.10. The van der Waals surface area contributed by atoms with Crippen LogP contribution in [0.1, 0.15) is 17.6 Å². The summed E-state index contributed by atoms with van der Waals surface area (Å²) >= 11 is 8.52. The molecular formula is C8H4BrClF2N2. The Balaban J connectivity index is 3.21. The van der Waals surface area contributed by atoms with Crippen molar-refractivity contribution < 1.29 is 8.78 Å². The molecule has 0 bridgehead atoms. The van der Waals surface area contributed by atoms with Gasteiger partial charge < -0.3 is 0 Å². The number of pyridine rings is 1. The summed E-state index contributed by atoms with van der Waals surface area (Å²) in [6, 6.07) is 3.01. The van der Waals surface area contributed by atoms with E-state index in [2.05, 4.69) is 20.9 Å². The zero-order valence-electron chi connectivity index (χ0n) is 6.77. The molecule has 1 rings (SSSR count). The Morgan fingerprint density at radius 2 is 2.29 bits per heavy atom. The van der Waals surface area contributed by atoms with Crippen molar-refractivity contribution in [2.24, 2.45) is 0 Å². The maximum atomic E-state index is 12.4. The SMILES string of the molecule is N#CCc1cc(C(F)F)c(Br)nc1Cl. The van der Waals surface area contributed by atoms with E-state index in [0.29, 0.717) is 5.56 Å². The predicted octanol–water partition coefficient (Wildman–Crippen LogP) is 3.50. The fourth-order valence-electron chi connectivity index (χ4n) is 0.892. The molecule has 1 heterocycles. The van der Waals surface area contributed by atoms with Crippen LogP contribution in [0.5, 0.6) is 0 Å². The van der Waals surface area contributed by atoms with Gasteiger partial charge in [0.15, 0.2) is 0 Å². The second kappa shape index (κ2) is 4.67. The van der Waals surface area contributed by atoms with Gasteiger partial charge in [-0.25, -0.2) is 13.8 Å². The summed E-state index contributed by atoms with van der Waals surface area (Å²) in [6.07, 6.45) is -2.66. The lowest BCUT2D eigenvalue weighted by Gasteiger charge is -2.05. The zero-order valence-corrected chi connectivity index (χ0v) is 9.11. The van der Waals surface area contributed by atoms with E-state index < -0.39 is 6.43 Å². The van der Waals surface area contributed by atoms with Crippen LogP contribution in [0, 0.1) is 11.3 Å². The third-order valence-corrected chi connectivity index (χ3v) is 2.50. The van der Waals surface area contributed by atoms with Crippen LogP contribution in [-0.2, 0) is 6.42 Å². The first-order valence-corrected chi connectivity index (χ1v) is 4.73. The predicted molar refractivity (Wildman–Crippen MR) is 51.2 cm³/mol. The Bertz CT molecular complexity index is 390. The molecule has 0 N–H and O–H groups in total. The number of nitrogens with zero attached hydrogens (tertiary/aromatic N) is 2. The lowest BCUT2D eigenvalue weighted by atomic mass is 10.1. The molecule has 0 saturated carbocycles. The smallest absolute Gasteiger partial charge is 0.228 e. The normalized spacial score (nSPS) is 10.3. The van der Waals surface area contributed by atoms with Gasteiger partial charge in [0.1, 0.15) is 9.76 Å². The fourth-order valence-corrected chi connectivity index (χ4v) is 1.66. The molecule has 1 aromatic rings. The average Bonchev–Trinajstić information content (AvgIpc) is 2.09. The molecule has 1 aromatic heterocycles. The summed E-state index contributed by atoms with van der Waals surface area (Å²) in [5.41, 5.74) is 0.0623. The van der Waals surface area contributed by atoms with Gasteiger partial charge in [0.05, 0.1) is 18.1 Å². The third kappa shape index (κ3) is 2.40. The molecule has 74 valence electrons. The molecule has 0 unspecified atom stereocenters. The van der Waals surface area contributed by atoms with E-state index in [9.17, 15) is 8.78 Å². The van der Waals surface area contributed by atoms with Crippen molar-refractivity contribution in [3.63, 3.8) is 0 Å². The second-order valence-electron chi connectivity index (χ2n) is 2.45. The maximum absolute atomic E-state index is 12.4. The van der Waals surface area contributed by atoms with Gasteiger partial charge in [-0.1, -0.05) is 11.6 Å². The first kappa shape index (κ1) is 11.3. The minimum atomic E-state index is -2.63. The second-order valence-corrected chi connectivity index (χ2v) is 3.56. The monoisotopic (exact) mass is 280 g/mol. The standard InChI is InChI=1S/C8H4BrClF2N2/c9-6-5(8(11)12)3-4(1-2-13)7(10)14-6/h3,8H,1H2. The van der Waals surface area contributed by atoms with Gasteiger partial charge in [0, 0.05) is 5.56 Å². The minimum Gasteiger partial charge on any atom is -0.228 e. The van der Waals surface area contributed by atoms with Crippen molar-refractivity contribution in [2.75, 3.05) is 0 Å². The highest BCUT2D eigenvalue weighted by atomic mass is 79.9. The van der Waals surface area contributed by atoms with E-state index in [0.717, 1.165) is 0 Å². The number of alkyl halides is 2. The van der Waals surface area contributed by atoms with Crippen LogP contribution in [0.25, 0.3) is 0 Å². The van der Waals surface area contributed by atoms with Gasteiger partial charge in [0.2, 0.25) is 0 Å². The molecule has 0 amide bonds. The summed E-state index contributed by atoms with van der Waals surface area (Å²) < 4.78 is 24.8. The number of aromatic nitrogens is 1. The quantitative estimate of drug-likeness (QED) is 0.778. The first-order chi connectivity index (χ1) is 6.56. The molecule has 14 heavy (non-hydrogen) atoms. The molecule has 0 spiro atoms. The van der Waals surface area contributed by atoms with Crippen LogP contribution in [0.15, 0.2) is 10.7 Å². The zero-order chi connectivity index (χ0) is 10.7. The first-order valence-electron chi connectivity index (χ1n) is 3.56. The van der Waals surface area contributed by atoms with Crippen molar-refractivity contribution >= 4 is 27.5 Å². The lowest BCUT2D eigenvalue weighted by Crippen LogP contribution is -1.95. The number of nitriles is 1. The molecule has 0 aromatic carbocycles. The van der Waals surface area contributed by atoms with Gasteiger partial charge in [-0.2, -0.15) is 5.26 Å². The van der Waals surface area contributed by atoms with Crippen LogP contribution >= 0.6 is 27.5 Å². The van der Waals surface area contributed by atoms with Crippen LogP contribution in [0.4, 0.5) is 8.78 Å². The van der Waals surface area contributed by atoms with Gasteiger partial charge >= 0.3 is 0 Å². The van der Waals surface area contributed by atoms with Gasteiger partial charge in [0.25, 0.3) is 6.43 Å². The van der Waals surface area contributed by atoms with Crippen LogP contribution in [-0.4, -0.2) is 4.98 Å². The summed E-state index contributed by atoms with van der Waals surface area (Å²) in [5, 5.41) is 8.48. The van der Waals surface area contributed by atoms with Crippen LogP contribution < -0.4 is 0 Å². The van der Waals surface area contributed by atoms with Gasteiger partial charge in [-0.3, -0.25) is 0 Å². The number of hydrogen-bond donors (Lipinski definition) is 0. The van der Waals surface area contributed by atoms with E-state index in [-0.39, 0.29) is 21.7 Å². The van der Waals surface area contributed by atoms with Gasteiger partial charge in [-0.05, 0) is 22.0 Å². The third-order valence-electron chi connectivity index (χ3n) is 1.53. The Morgan fingerprint density at radius 3 is 2.79 bits per heavy atom. The average molecular weight is 281 g/mol. The Labute approximate surface area is 92.6 Å². The fraction of sp³-hybridized carbons (Fsp3) is 0.250. The molecule has 0 atom stereocenters. The highest BCUT2D eigenvalue weighted by Gasteiger charge is 2.15. The summed E-state index contributed by atoms with van der Waals surface area (Å²) in [5.74, 6) is 0.